The molecule has 4 aromatic rings. The predicted octanol–water partition coefficient (Wildman–Crippen LogP) is 4.51. The molecule has 0 saturated heterocycles. The Morgan fingerprint density at radius 1 is 0.919 bits per heavy atom. The fourth-order valence-corrected chi connectivity index (χ4v) is 4.58. The van der Waals surface area contributed by atoms with Crippen molar-refractivity contribution in [1.82, 2.24) is 10.0 Å². The van der Waals surface area contributed by atoms with Crippen LogP contribution in [-0.4, -0.2) is 26.0 Å². The van der Waals surface area contributed by atoms with Gasteiger partial charge in [-0.05, 0) is 72.4 Å². The maximum atomic E-state index is 12.7. The molecule has 190 valence electrons. The fraction of sp³-hybridized carbons (Fsp3) is 0.111. The predicted molar refractivity (Wildman–Crippen MR) is 145 cm³/mol. The largest absolute Gasteiger partial charge is 0.493 e. The van der Waals surface area contributed by atoms with Crippen LogP contribution < -0.4 is 20.1 Å². The Morgan fingerprint density at radius 2 is 1.70 bits per heavy atom. The molecule has 3 N–H and O–H groups in total. The van der Waals surface area contributed by atoms with Crippen LogP contribution in [0.2, 0.25) is 0 Å². The van der Waals surface area contributed by atoms with Crippen LogP contribution in [0.5, 0.6) is 5.75 Å². The van der Waals surface area contributed by atoms with Gasteiger partial charge in [0, 0.05) is 17.7 Å². The summed E-state index contributed by atoms with van der Waals surface area (Å²) in [6, 6.07) is 26.2. The molecule has 0 spiro atoms. The van der Waals surface area contributed by atoms with Gasteiger partial charge in [0.05, 0.1) is 24.3 Å². The molecule has 0 aliphatic carbocycles. The summed E-state index contributed by atoms with van der Waals surface area (Å²) in [6.45, 7) is 0.532. The topological polar surface area (TPSA) is 110 Å². The number of furan rings is 1. The first kappa shape index (κ1) is 26.1. The van der Waals surface area contributed by atoms with Gasteiger partial charge in [0.15, 0.2) is 5.11 Å². The Labute approximate surface area is 220 Å². The normalized spacial score (nSPS) is 11.0. The van der Waals surface area contributed by atoms with Gasteiger partial charge in [-0.15, -0.1) is 0 Å². The molecule has 3 aromatic carbocycles. The van der Waals surface area contributed by atoms with Crippen LogP contribution in [0.4, 0.5) is 5.69 Å². The summed E-state index contributed by atoms with van der Waals surface area (Å²) in [5, 5.41) is 5.58. The summed E-state index contributed by atoms with van der Waals surface area (Å²) in [6.07, 6.45) is 2.23. The van der Waals surface area contributed by atoms with Gasteiger partial charge < -0.3 is 14.5 Å². The number of amides is 1. The van der Waals surface area contributed by atoms with Crippen molar-refractivity contribution in [3.05, 3.63) is 114 Å². The summed E-state index contributed by atoms with van der Waals surface area (Å²) in [7, 11) is -3.72. The molecule has 1 aromatic heterocycles. The molecule has 0 saturated carbocycles. The van der Waals surface area contributed by atoms with Crippen molar-refractivity contribution in [3.8, 4) is 5.75 Å². The van der Waals surface area contributed by atoms with Crippen LogP contribution in [0.1, 0.15) is 21.7 Å². The number of carbonyl (C=O) groups is 1. The van der Waals surface area contributed by atoms with Crippen LogP contribution >= 0.6 is 12.2 Å². The van der Waals surface area contributed by atoms with Gasteiger partial charge in [0.25, 0.3) is 5.91 Å². The quantitative estimate of drug-likeness (QED) is 0.256. The average molecular weight is 536 g/mol. The molecular weight excluding hydrogens is 510 g/mol. The van der Waals surface area contributed by atoms with Gasteiger partial charge in [0.2, 0.25) is 10.0 Å². The van der Waals surface area contributed by atoms with Crippen LogP contribution in [0.25, 0.3) is 0 Å². The van der Waals surface area contributed by atoms with Crippen molar-refractivity contribution in [3.63, 3.8) is 0 Å². The monoisotopic (exact) mass is 535 g/mol. The van der Waals surface area contributed by atoms with Gasteiger partial charge in [-0.25, -0.2) is 13.1 Å². The van der Waals surface area contributed by atoms with Crippen LogP contribution in [0, 0.1) is 0 Å². The Morgan fingerprint density at radius 3 is 2.43 bits per heavy atom. The molecule has 10 heteroatoms. The molecular formula is C27H25N3O5S2. The third kappa shape index (κ3) is 7.74. The number of hydrogen-bond donors (Lipinski definition) is 3. The lowest BCUT2D eigenvalue weighted by Gasteiger charge is -2.12. The number of nitrogens with one attached hydrogen (secondary N) is 3. The molecule has 0 atom stereocenters. The number of benzene rings is 3. The first-order valence-electron chi connectivity index (χ1n) is 11.4. The van der Waals surface area contributed by atoms with E-state index >= 15 is 0 Å². The van der Waals surface area contributed by atoms with Gasteiger partial charge in [0.1, 0.15) is 11.5 Å². The molecule has 0 radical (unpaired) electrons. The Bertz CT molecular complexity index is 1440. The summed E-state index contributed by atoms with van der Waals surface area (Å²) in [5.41, 5.74) is 2.09. The van der Waals surface area contributed by atoms with Crippen LogP contribution in [0.3, 0.4) is 0 Å². The highest BCUT2D eigenvalue weighted by Crippen LogP contribution is 2.16. The molecule has 0 unspecified atom stereocenters. The van der Waals surface area contributed by atoms with E-state index in [9.17, 15) is 13.2 Å². The number of carbonyl (C=O) groups excluding carboxylic acids is 1. The second kappa shape index (κ2) is 12.3. The minimum absolute atomic E-state index is 0.0463. The average Bonchev–Trinajstić information content (AvgIpc) is 3.43. The number of anilines is 1. The number of rotatable bonds is 10. The highest BCUT2D eigenvalue weighted by Gasteiger charge is 2.15. The first-order valence-corrected chi connectivity index (χ1v) is 13.3. The zero-order valence-corrected chi connectivity index (χ0v) is 21.3. The lowest BCUT2D eigenvalue weighted by molar-refractivity contribution is 0.0977. The number of hydrogen-bond acceptors (Lipinski definition) is 6. The lowest BCUT2D eigenvalue weighted by Crippen LogP contribution is -2.34. The third-order valence-corrected chi connectivity index (χ3v) is 6.89. The van der Waals surface area contributed by atoms with Crippen LogP contribution in [-0.2, 0) is 23.0 Å². The van der Waals surface area contributed by atoms with E-state index in [-0.39, 0.29) is 16.6 Å². The molecule has 4 rings (SSSR count). The first-order chi connectivity index (χ1) is 17.9. The van der Waals surface area contributed by atoms with E-state index in [1.165, 1.54) is 24.0 Å². The third-order valence-electron chi connectivity index (χ3n) is 5.26. The second-order valence-corrected chi connectivity index (χ2v) is 10.1. The van der Waals surface area contributed by atoms with Gasteiger partial charge >= 0.3 is 0 Å². The van der Waals surface area contributed by atoms with Crippen molar-refractivity contribution in [1.29, 1.82) is 0 Å². The summed E-state index contributed by atoms with van der Waals surface area (Å²) < 4.78 is 38.3. The van der Waals surface area contributed by atoms with E-state index in [1.807, 2.05) is 30.3 Å². The molecule has 0 aliphatic heterocycles. The maximum absolute atomic E-state index is 12.7. The van der Waals surface area contributed by atoms with E-state index in [0.29, 0.717) is 29.4 Å². The van der Waals surface area contributed by atoms with E-state index in [2.05, 4.69) is 15.4 Å². The highest BCUT2D eigenvalue weighted by molar-refractivity contribution is 7.89. The zero-order chi connectivity index (χ0) is 26.1. The van der Waals surface area contributed by atoms with E-state index in [4.69, 9.17) is 21.4 Å². The smallest absolute Gasteiger partial charge is 0.257 e. The highest BCUT2D eigenvalue weighted by atomic mass is 32.2. The SMILES string of the molecule is O=C(NC(=S)Nc1ccc(S(=O)(=O)NCc2ccco2)cc1)c1cccc(OCCc2ccccc2)c1. The minimum atomic E-state index is -3.72. The van der Waals surface area contributed by atoms with Crippen molar-refractivity contribution < 1.29 is 22.4 Å². The van der Waals surface area contributed by atoms with Crippen LogP contribution in [0.15, 0.2) is 107 Å². The van der Waals surface area contributed by atoms with E-state index < -0.39 is 15.9 Å². The zero-order valence-electron chi connectivity index (χ0n) is 19.7. The lowest BCUT2D eigenvalue weighted by atomic mass is 10.2. The molecule has 1 amide bonds. The number of sulfonamides is 1. The summed E-state index contributed by atoms with van der Waals surface area (Å²) >= 11 is 5.25. The molecule has 0 fully saturated rings. The Balaban J connectivity index is 1.27. The van der Waals surface area contributed by atoms with Crippen molar-refractivity contribution in [2.75, 3.05) is 11.9 Å². The van der Waals surface area contributed by atoms with E-state index in [1.54, 1.807) is 48.5 Å². The molecule has 0 bridgehead atoms. The van der Waals surface area contributed by atoms with Gasteiger partial charge in [-0.2, -0.15) is 0 Å². The minimum Gasteiger partial charge on any atom is -0.493 e. The standard InChI is InChI=1S/C27H25N3O5S2/c31-26(21-8-4-9-23(18-21)35-17-15-20-6-2-1-3-7-20)30-27(36)29-22-11-13-25(14-12-22)37(32,33)28-19-24-10-5-16-34-24/h1-14,16,18,28H,15,17,19H2,(H2,29,30,31,36). The number of ether oxygens (including phenoxy) is 1. The number of thiocarbonyl (C=S) groups is 1. The fourth-order valence-electron chi connectivity index (χ4n) is 3.38. The second-order valence-electron chi connectivity index (χ2n) is 7.95. The Kier molecular flexibility index (Phi) is 8.68. The van der Waals surface area contributed by atoms with Gasteiger partial charge in [-0.3, -0.25) is 10.1 Å². The summed E-state index contributed by atoms with van der Waals surface area (Å²) in [4.78, 5) is 12.7. The van der Waals surface area contributed by atoms with E-state index in [0.717, 1.165) is 6.42 Å². The molecule has 1 heterocycles. The molecule has 8 nitrogen and oxygen atoms in total. The van der Waals surface area contributed by atoms with Gasteiger partial charge in [-0.1, -0.05) is 36.4 Å². The van der Waals surface area contributed by atoms with Crippen molar-refractivity contribution >= 4 is 38.9 Å². The van der Waals surface area contributed by atoms with Crippen molar-refractivity contribution in [2.24, 2.45) is 0 Å². The van der Waals surface area contributed by atoms with Crippen molar-refractivity contribution in [2.45, 2.75) is 17.9 Å². The molecule has 0 aliphatic rings. The summed E-state index contributed by atoms with van der Waals surface area (Å²) in [5.74, 6) is 0.694. The Hall–Kier alpha value is -3.99. The molecule has 37 heavy (non-hydrogen) atoms. The maximum Gasteiger partial charge on any atom is 0.257 e.